The zero-order valence-electron chi connectivity index (χ0n) is 12.9. The van der Waals surface area contributed by atoms with Crippen LogP contribution in [0.2, 0.25) is 0 Å². The van der Waals surface area contributed by atoms with Crippen molar-refractivity contribution in [3.8, 4) is 11.5 Å². The van der Waals surface area contributed by atoms with Crippen molar-refractivity contribution >= 4 is 11.7 Å². The lowest BCUT2D eigenvalue weighted by Gasteiger charge is -2.16. The fourth-order valence-electron chi connectivity index (χ4n) is 2.00. The molecule has 0 aliphatic heterocycles. The van der Waals surface area contributed by atoms with Crippen molar-refractivity contribution in [1.29, 1.82) is 0 Å². The molecular weight excluding hydrogens is 256 g/mol. The van der Waals surface area contributed by atoms with Gasteiger partial charge < -0.3 is 20.1 Å². The highest BCUT2D eigenvalue weighted by molar-refractivity contribution is 5.90. The fourth-order valence-corrected chi connectivity index (χ4v) is 2.00. The number of nitrogens with one attached hydrogen (secondary N) is 2. The predicted octanol–water partition coefficient (Wildman–Crippen LogP) is 3.32. The number of carbonyl (C=O) groups excluding carboxylic acids is 1. The fraction of sp³-hybridized carbons (Fsp3) is 0.533. The van der Waals surface area contributed by atoms with Crippen LogP contribution in [0.5, 0.6) is 11.5 Å². The minimum atomic E-state index is -0.207. The SMILES string of the molecule is CCC[C@H](C)NC(=O)Nc1cc(OC)c(OC)cc1C. The van der Waals surface area contributed by atoms with E-state index in [0.717, 1.165) is 18.4 Å². The Morgan fingerprint density at radius 1 is 1.25 bits per heavy atom. The highest BCUT2D eigenvalue weighted by Crippen LogP contribution is 2.32. The number of hydrogen-bond donors (Lipinski definition) is 2. The van der Waals surface area contributed by atoms with Crippen LogP contribution in [0.1, 0.15) is 32.3 Å². The van der Waals surface area contributed by atoms with E-state index in [1.807, 2.05) is 19.9 Å². The molecule has 1 atom stereocenters. The van der Waals surface area contributed by atoms with E-state index in [-0.39, 0.29) is 12.1 Å². The monoisotopic (exact) mass is 280 g/mol. The van der Waals surface area contributed by atoms with Gasteiger partial charge in [-0.25, -0.2) is 4.79 Å². The Morgan fingerprint density at radius 2 is 1.85 bits per heavy atom. The van der Waals surface area contributed by atoms with Gasteiger partial charge in [-0.05, 0) is 31.9 Å². The van der Waals surface area contributed by atoms with Crippen molar-refractivity contribution in [1.82, 2.24) is 5.32 Å². The second-order valence-electron chi connectivity index (χ2n) is 4.81. The average molecular weight is 280 g/mol. The summed E-state index contributed by atoms with van der Waals surface area (Å²) in [6, 6.07) is 3.55. The van der Waals surface area contributed by atoms with Gasteiger partial charge in [0.2, 0.25) is 0 Å². The Kier molecular flexibility index (Phi) is 6.15. The summed E-state index contributed by atoms with van der Waals surface area (Å²) < 4.78 is 10.5. The van der Waals surface area contributed by atoms with Crippen LogP contribution < -0.4 is 20.1 Å². The molecule has 2 amide bonds. The van der Waals surface area contributed by atoms with Crippen LogP contribution in [0.25, 0.3) is 0 Å². The predicted molar refractivity (Wildman–Crippen MR) is 80.8 cm³/mol. The highest BCUT2D eigenvalue weighted by Gasteiger charge is 2.12. The quantitative estimate of drug-likeness (QED) is 0.840. The number of rotatable bonds is 6. The van der Waals surface area contributed by atoms with Crippen molar-refractivity contribution in [2.75, 3.05) is 19.5 Å². The summed E-state index contributed by atoms with van der Waals surface area (Å²) >= 11 is 0. The van der Waals surface area contributed by atoms with Gasteiger partial charge in [0.15, 0.2) is 11.5 Å². The first-order valence-corrected chi connectivity index (χ1v) is 6.81. The van der Waals surface area contributed by atoms with Crippen LogP contribution in [0.15, 0.2) is 12.1 Å². The molecule has 0 saturated heterocycles. The minimum Gasteiger partial charge on any atom is -0.493 e. The molecule has 0 bridgehead atoms. The lowest BCUT2D eigenvalue weighted by atomic mass is 10.1. The Balaban J connectivity index is 2.79. The van der Waals surface area contributed by atoms with Gasteiger partial charge >= 0.3 is 6.03 Å². The number of ether oxygens (including phenoxy) is 2. The summed E-state index contributed by atoms with van der Waals surface area (Å²) in [6.07, 6.45) is 2.00. The average Bonchev–Trinajstić information content (AvgIpc) is 2.40. The van der Waals surface area contributed by atoms with E-state index >= 15 is 0 Å². The Hall–Kier alpha value is -1.91. The summed E-state index contributed by atoms with van der Waals surface area (Å²) in [6.45, 7) is 5.99. The zero-order chi connectivity index (χ0) is 15.1. The highest BCUT2D eigenvalue weighted by atomic mass is 16.5. The number of amides is 2. The van der Waals surface area contributed by atoms with Gasteiger partial charge in [-0.3, -0.25) is 0 Å². The number of benzene rings is 1. The molecule has 0 radical (unpaired) electrons. The first kappa shape index (κ1) is 16.1. The van der Waals surface area contributed by atoms with E-state index in [2.05, 4.69) is 17.6 Å². The molecule has 0 aromatic heterocycles. The maximum atomic E-state index is 11.9. The van der Waals surface area contributed by atoms with Gasteiger partial charge in [-0.2, -0.15) is 0 Å². The normalized spacial score (nSPS) is 11.7. The molecule has 1 aromatic rings. The molecule has 0 aliphatic carbocycles. The maximum Gasteiger partial charge on any atom is 0.319 e. The van der Waals surface area contributed by atoms with E-state index < -0.39 is 0 Å². The molecule has 5 nitrogen and oxygen atoms in total. The van der Waals surface area contributed by atoms with E-state index in [1.165, 1.54) is 0 Å². The van der Waals surface area contributed by atoms with Crippen molar-refractivity contribution < 1.29 is 14.3 Å². The smallest absolute Gasteiger partial charge is 0.319 e. The Morgan fingerprint density at radius 3 is 2.40 bits per heavy atom. The number of hydrogen-bond acceptors (Lipinski definition) is 3. The van der Waals surface area contributed by atoms with Crippen LogP contribution in [-0.2, 0) is 0 Å². The second kappa shape index (κ2) is 7.62. The molecule has 0 saturated carbocycles. The molecule has 20 heavy (non-hydrogen) atoms. The van der Waals surface area contributed by atoms with Gasteiger partial charge in [-0.15, -0.1) is 0 Å². The summed E-state index contributed by atoms with van der Waals surface area (Å²) in [5, 5.41) is 5.74. The topological polar surface area (TPSA) is 59.6 Å². The number of methoxy groups -OCH3 is 2. The molecule has 5 heteroatoms. The minimum absolute atomic E-state index is 0.153. The van der Waals surface area contributed by atoms with Crippen LogP contribution in [0, 0.1) is 6.92 Å². The summed E-state index contributed by atoms with van der Waals surface area (Å²) in [5.74, 6) is 1.24. The molecule has 1 rings (SSSR count). The number of carbonyl (C=O) groups is 1. The lowest BCUT2D eigenvalue weighted by molar-refractivity contribution is 0.248. The standard InChI is InChI=1S/C15H24N2O3/c1-6-7-11(3)16-15(18)17-12-9-14(20-5)13(19-4)8-10(12)2/h8-9,11H,6-7H2,1-5H3,(H2,16,17,18)/t11-/m0/s1. The third kappa shape index (κ3) is 4.33. The van der Waals surface area contributed by atoms with Gasteiger partial charge in [0.1, 0.15) is 0 Å². The second-order valence-corrected chi connectivity index (χ2v) is 4.81. The largest absolute Gasteiger partial charge is 0.493 e. The maximum absolute atomic E-state index is 11.9. The molecule has 112 valence electrons. The third-order valence-corrected chi connectivity index (χ3v) is 3.08. The van der Waals surface area contributed by atoms with Crippen molar-refractivity contribution in [2.45, 2.75) is 39.7 Å². The van der Waals surface area contributed by atoms with Gasteiger partial charge in [0.25, 0.3) is 0 Å². The molecule has 0 heterocycles. The molecule has 0 fully saturated rings. The van der Waals surface area contributed by atoms with E-state index in [4.69, 9.17) is 9.47 Å². The number of aryl methyl sites for hydroxylation is 1. The lowest BCUT2D eigenvalue weighted by Crippen LogP contribution is -2.36. The molecule has 0 spiro atoms. The van der Waals surface area contributed by atoms with E-state index in [9.17, 15) is 4.79 Å². The molecule has 0 aliphatic rings. The zero-order valence-corrected chi connectivity index (χ0v) is 12.9. The molecule has 1 aromatic carbocycles. The van der Waals surface area contributed by atoms with Crippen molar-refractivity contribution in [2.24, 2.45) is 0 Å². The van der Waals surface area contributed by atoms with Crippen LogP contribution in [0.3, 0.4) is 0 Å². The third-order valence-electron chi connectivity index (χ3n) is 3.08. The van der Waals surface area contributed by atoms with E-state index in [0.29, 0.717) is 17.2 Å². The molecular formula is C15H24N2O3. The van der Waals surface area contributed by atoms with Gasteiger partial charge in [0.05, 0.1) is 14.2 Å². The summed E-state index contributed by atoms with van der Waals surface area (Å²) in [5.41, 5.74) is 1.63. The number of anilines is 1. The van der Waals surface area contributed by atoms with Gasteiger partial charge in [-0.1, -0.05) is 13.3 Å². The number of urea groups is 1. The Labute approximate surface area is 120 Å². The first-order valence-electron chi connectivity index (χ1n) is 6.81. The van der Waals surface area contributed by atoms with Crippen LogP contribution in [-0.4, -0.2) is 26.3 Å². The first-order chi connectivity index (χ1) is 9.51. The van der Waals surface area contributed by atoms with Crippen LogP contribution in [0.4, 0.5) is 10.5 Å². The van der Waals surface area contributed by atoms with Gasteiger partial charge in [0, 0.05) is 17.8 Å². The molecule has 0 unspecified atom stereocenters. The summed E-state index contributed by atoms with van der Waals surface area (Å²) in [4.78, 5) is 11.9. The van der Waals surface area contributed by atoms with Crippen molar-refractivity contribution in [3.63, 3.8) is 0 Å². The van der Waals surface area contributed by atoms with Crippen molar-refractivity contribution in [3.05, 3.63) is 17.7 Å². The van der Waals surface area contributed by atoms with Crippen LogP contribution >= 0.6 is 0 Å². The summed E-state index contributed by atoms with van der Waals surface area (Å²) in [7, 11) is 3.16. The molecule has 2 N–H and O–H groups in total. The Bertz CT molecular complexity index is 461. The van der Waals surface area contributed by atoms with E-state index in [1.54, 1.807) is 20.3 Å².